The number of aromatic nitrogens is 3. The van der Waals surface area contributed by atoms with E-state index in [1.807, 2.05) is 47.8 Å². The quantitative estimate of drug-likeness (QED) is 0.376. The first-order valence-electron chi connectivity index (χ1n) is 9.35. The lowest BCUT2D eigenvalue weighted by Crippen LogP contribution is -2.32. The molecule has 0 aliphatic rings. The zero-order valence-corrected chi connectivity index (χ0v) is 17.6. The molecule has 0 spiro atoms. The number of thiophene rings is 1. The maximum atomic E-state index is 12.9. The van der Waals surface area contributed by atoms with Crippen LogP contribution in [0.15, 0.2) is 63.4 Å². The molecule has 0 aliphatic carbocycles. The van der Waals surface area contributed by atoms with Gasteiger partial charge in [0, 0.05) is 23.0 Å². The van der Waals surface area contributed by atoms with Crippen molar-refractivity contribution in [3.05, 3.63) is 59.9 Å². The Morgan fingerprint density at radius 1 is 1.17 bits per heavy atom. The molecule has 0 aliphatic heterocycles. The fraction of sp³-hybridized carbons (Fsp3) is 0.238. The SMILES string of the molecule is CCCN(Cc1nnc(-c2cccs2)o1)C(=O)CSc1ccnc2ccccc12. The van der Waals surface area contributed by atoms with Crippen LogP contribution in [-0.4, -0.2) is 38.3 Å². The van der Waals surface area contributed by atoms with Gasteiger partial charge < -0.3 is 9.32 Å². The fourth-order valence-electron chi connectivity index (χ4n) is 2.97. The molecule has 0 saturated carbocycles. The van der Waals surface area contributed by atoms with Crippen molar-refractivity contribution in [2.75, 3.05) is 12.3 Å². The summed E-state index contributed by atoms with van der Waals surface area (Å²) in [6.45, 7) is 3.02. The second-order valence-corrected chi connectivity index (χ2v) is 8.37. The number of rotatable bonds is 8. The minimum atomic E-state index is 0.0496. The highest BCUT2D eigenvalue weighted by Crippen LogP contribution is 2.27. The third-order valence-electron chi connectivity index (χ3n) is 4.33. The smallest absolute Gasteiger partial charge is 0.257 e. The van der Waals surface area contributed by atoms with Gasteiger partial charge >= 0.3 is 0 Å². The molecule has 6 nitrogen and oxygen atoms in total. The van der Waals surface area contributed by atoms with Crippen LogP contribution in [0, 0.1) is 0 Å². The molecule has 4 aromatic rings. The molecule has 1 amide bonds. The standard InChI is InChI=1S/C21H20N4O2S2/c1-2-11-25(13-19-23-24-21(27-19)18-8-5-12-28-18)20(26)14-29-17-9-10-22-16-7-4-3-6-15(16)17/h3-10,12H,2,11,13-14H2,1H3. The zero-order valence-electron chi connectivity index (χ0n) is 15.9. The molecule has 0 N–H and O–H groups in total. The molecule has 4 rings (SSSR count). The number of hydrogen-bond donors (Lipinski definition) is 0. The minimum absolute atomic E-state index is 0.0496. The maximum Gasteiger partial charge on any atom is 0.257 e. The van der Waals surface area contributed by atoms with Crippen molar-refractivity contribution in [3.8, 4) is 10.8 Å². The molecule has 3 aromatic heterocycles. The van der Waals surface area contributed by atoms with Crippen LogP contribution in [0.5, 0.6) is 0 Å². The van der Waals surface area contributed by atoms with E-state index < -0.39 is 0 Å². The molecule has 3 heterocycles. The Balaban J connectivity index is 1.43. The molecule has 0 radical (unpaired) electrons. The molecule has 148 valence electrons. The number of carbonyl (C=O) groups excluding carboxylic acids is 1. The molecule has 8 heteroatoms. The molecule has 0 unspecified atom stereocenters. The lowest BCUT2D eigenvalue weighted by molar-refractivity contribution is -0.129. The Hall–Kier alpha value is -2.71. The highest BCUT2D eigenvalue weighted by Gasteiger charge is 2.18. The Labute approximate surface area is 177 Å². The van der Waals surface area contributed by atoms with Gasteiger partial charge in [0.25, 0.3) is 5.89 Å². The monoisotopic (exact) mass is 424 g/mol. The summed E-state index contributed by atoms with van der Waals surface area (Å²) in [5.74, 6) is 1.35. The van der Waals surface area contributed by atoms with Crippen LogP contribution in [0.1, 0.15) is 19.2 Å². The van der Waals surface area contributed by atoms with Crippen molar-refractivity contribution >= 4 is 39.9 Å². The summed E-state index contributed by atoms with van der Waals surface area (Å²) in [7, 11) is 0. The Kier molecular flexibility index (Phi) is 6.21. The Morgan fingerprint density at radius 3 is 2.90 bits per heavy atom. The predicted molar refractivity (Wildman–Crippen MR) is 116 cm³/mol. The van der Waals surface area contributed by atoms with Gasteiger partial charge in [0.2, 0.25) is 11.8 Å². The summed E-state index contributed by atoms with van der Waals surface area (Å²) in [5.41, 5.74) is 0.933. The number of amides is 1. The topological polar surface area (TPSA) is 72.1 Å². The predicted octanol–water partition coefficient (Wildman–Crippen LogP) is 4.88. The van der Waals surface area contributed by atoms with Crippen molar-refractivity contribution in [1.29, 1.82) is 0 Å². The summed E-state index contributed by atoms with van der Waals surface area (Å²) in [6, 6.07) is 13.8. The zero-order chi connectivity index (χ0) is 20.1. The van der Waals surface area contributed by atoms with Gasteiger partial charge in [0.15, 0.2) is 0 Å². The number of carbonyl (C=O) groups is 1. The highest BCUT2D eigenvalue weighted by molar-refractivity contribution is 8.00. The van der Waals surface area contributed by atoms with Gasteiger partial charge in [0.05, 0.1) is 22.7 Å². The third-order valence-corrected chi connectivity index (χ3v) is 6.25. The summed E-state index contributed by atoms with van der Waals surface area (Å²) in [4.78, 5) is 21.0. The molecular weight excluding hydrogens is 404 g/mol. The largest absolute Gasteiger partial charge is 0.418 e. The average molecular weight is 425 g/mol. The van der Waals surface area contributed by atoms with Crippen LogP contribution >= 0.6 is 23.1 Å². The number of pyridine rings is 1. The van der Waals surface area contributed by atoms with Crippen molar-refractivity contribution in [1.82, 2.24) is 20.1 Å². The van der Waals surface area contributed by atoms with Crippen LogP contribution in [0.3, 0.4) is 0 Å². The van der Waals surface area contributed by atoms with E-state index in [0.29, 0.717) is 30.6 Å². The molecular formula is C21H20N4O2S2. The van der Waals surface area contributed by atoms with E-state index in [1.165, 1.54) is 11.8 Å². The van der Waals surface area contributed by atoms with E-state index in [-0.39, 0.29) is 5.91 Å². The first kappa shape index (κ1) is 19.6. The maximum absolute atomic E-state index is 12.9. The third kappa shape index (κ3) is 4.65. The van der Waals surface area contributed by atoms with Crippen LogP contribution in [0.25, 0.3) is 21.7 Å². The number of hydrogen-bond acceptors (Lipinski definition) is 7. The summed E-state index contributed by atoms with van der Waals surface area (Å²) >= 11 is 3.08. The normalized spacial score (nSPS) is 11.1. The molecule has 0 saturated heterocycles. The van der Waals surface area contributed by atoms with E-state index >= 15 is 0 Å². The first-order chi connectivity index (χ1) is 14.2. The molecule has 1 aromatic carbocycles. The van der Waals surface area contributed by atoms with Gasteiger partial charge in [-0.15, -0.1) is 33.3 Å². The van der Waals surface area contributed by atoms with E-state index in [2.05, 4.69) is 22.1 Å². The van der Waals surface area contributed by atoms with E-state index in [4.69, 9.17) is 4.42 Å². The van der Waals surface area contributed by atoms with Crippen molar-refractivity contribution in [2.45, 2.75) is 24.8 Å². The lowest BCUT2D eigenvalue weighted by atomic mass is 10.2. The Bertz CT molecular complexity index is 1090. The number of benzene rings is 1. The Morgan fingerprint density at radius 2 is 2.07 bits per heavy atom. The average Bonchev–Trinajstić information content (AvgIpc) is 3.43. The van der Waals surface area contributed by atoms with E-state index in [0.717, 1.165) is 27.1 Å². The number of thioether (sulfide) groups is 1. The second-order valence-electron chi connectivity index (χ2n) is 6.41. The van der Waals surface area contributed by atoms with Crippen LogP contribution in [0.2, 0.25) is 0 Å². The van der Waals surface area contributed by atoms with Gasteiger partial charge in [-0.05, 0) is 30.0 Å². The fourth-order valence-corrected chi connectivity index (χ4v) is 4.56. The van der Waals surface area contributed by atoms with Crippen molar-refractivity contribution < 1.29 is 9.21 Å². The first-order valence-corrected chi connectivity index (χ1v) is 11.2. The van der Waals surface area contributed by atoms with Crippen molar-refractivity contribution in [2.24, 2.45) is 0 Å². The van der Waals surface area contributed by atoms with E-state index in [9.17, 15) is 4.79 Å². The van der Waals surface area contributed by atoms with Gasteiger partial charge in [-0.2, -0.15) is 0 Å². The number of nitrogens with zero attached hydrogens (tertiary/aromatic N) is 4. The van der Waals surface area contributed by atoms with Crippen LogP contribution < -0.4 is 0 Å². The van der Waals surface area contributed by atoms with Gasteiger partial charge in [-0.25, -0.2) is 0 Å². The van der Waals surface area contributed by atoms with Crippen molar-refractivity contribution in [3.63, 3.8) is 0 Å². The summed E-state index contributed by atoms with van der Waals surface area (Å²) < 4.78 is 5.75. The highest BCUT2D eigenvalue weighted by atomic mass is 32.2. The summed E-state index contributed by atoms with van der Waals surface area (Å²) in [5, 5.41) is 11.2. The number of fused-ring (bicyclic) bond motifs is 1. The molecule has 29 heavy (non-hydrogen) atoms. The molecule has 0 bridgehead atoms. The van der Waals surface area contributed by atoms with Gasteiger partial charge in [0.1, 0.15) is 0 Å². The molecule has 0 fully saturated rings. The lowest BCUT2D eigenvalue weighted by Gasteiger charge is -2.20. The molecule has 0 atom stereocenters. The van der Waals surface area contributed by atoms with E-state index in [1.54, 1.807) is 22.4 Å². The second kappa shape index (κ2) is 9.19. The minimum Gasteiger partial charge on any atom is -0.418 e. The van der Waals surface area contributed by atoms with Crippen LogP contribution in [0.4, 0.5) is 0 Å². The van der Waals surface area contributed by atoms with Crippen LogP contribution in [-0.2, 0) is 11.3 Å². The number of para-hydroxylation sites is 1. The van der Waals surface area contributed by atoms with Gasteiger partial charge in [-0.1, -0.05) is 31.2 Å². The summed E-state index contributed by atoms with van der Waals surface area (Å²) in [6.07, 6.45) is 2.64. The van der Waals surface area contributed by atoms with Gasteiger partial charge in [-0.3, -0.25) is 9.78 Å².